The van der Waals surface area contributed by atoms with Crippen molar-refractivity contribution in [2.24, 2.45) is 5.92 Å². The lowest BCUT2D eigenvalue weighted by molar-refractivity contribution is -0.279. The van der Waals surface area contributed by atoms with Gasteiger partial charge in [-0.25, -0.2) is 0 Å². The number of unbranched alkanes of at least 4 members (excludes halogenated alkanes) is 43. The van der Waals surface area contributed by atoms with Gasteiger partial charge in [-0.05, 0) is 64.2 Å². The molecule has 25 heteroatoms. The molecule has 2 aliphatic rings. The molecule has 0 spiro atoms. The third-order valence-corrected chi connectivity index (χ3v) is 24.1. The summed E-state index contributed by atoms with van der Waals surface area (Å²) in [6.45, 7) is 9.57. The molecule has 0 aromatic rings. The second-order valence-corrected chi connectivity index (χ2v) is 36.4. The van der Waals surface area contributed by atoms with E-state index in [-0.39, 0.29) is 51.4 Å². The molecule has 111 heavy (non-hydrogen) atoms. The number of aliphatic hydroxyl groups is 4. The summed E-state index contributed by atoms with van der Waals surface area (Å²) in [5.41, 5.74) is 0. The van der Waals surface area contributed by atoms with Gasteiger partial charge < -0.3 is 79.1 Å². The highest BCUT2D eigenvalue weighted by Gasteiger charge is 2.51. The molecule has 0 saturated carbocycles. The number of hydrogen-bond acceptors (Lipinski definition) is 17. The van der Waals surface area contributed by atoms with Gasteiger partial charge in [-0.15, -0.1) is 0 Å². The number of carbonyl (C=O) groups is 5. The molecule has 0 aromatic heterocycles. The maximum atomic E-state index is 15.1. The van der Waals surface area contributed by atoms with Crippen molar-refractivity contribution in [1.29, 1.82) is 0 Å². The monoisotopic (exact) mass is 1620 g/mol. The van der Waals surface area contributed by atoms with Crippen molar-refractivity contribution in [2.75, 3.05) is 25.5 Å². The number of rotatable bonds is 75. The summed E-state index contributed by atoms with van der Waals surface area (Å²) in [4.78, 5) is 112. The predicted molar refractivity (Wildman–Crippen MR) is 440 cm³/mol. The Morgan fingerprint density at radius 3 is 1.16 bits per heavy atom. The van der Waals surface area contributed by atoms with Crippen molar-refractivity contribution in [3.8, 4) is 0 Å². The minimum absolute atomic E-state index is 0.0151. The van der Waals surface area contributed by atoms with Gasteiger partial charge in [0.05, 0.1) is 63.0 Å². The highest BCUT2D eigenvalue weighted by molar-refractivity contribution is 7.52. The number of aliphatic hydroxyl groups excluding tert-OH is 4. The SMILES string of the molecule is CCCCCCCCCCCCCC(=O)OC(CCCCCCCCCCC)CC(=O)OC1C(NC(=O)CC(CCCCCCCCCCC)OC(=O)CCCCCCCCCCC)[C@H](OCC2O[C@@H](CCP(=O)(O)O)C(NC(=O)CC(O)CCCCCCCCCCC)C(O)[C@@H]2O)OC(CO)[C@H]1CCCCP(=O)(O)O. The van der Waals surface area contributed by atoms with Gasteiger partial charge in [-0.3, -0.25) is 33.1 Å². The van der Waals surface area contributed by atoms with Crippen molar-refractivity contribution < 1.29 is 102 Å². The van der Waals surface area contributed by atoms with E-state index in [2.05, 4.69) is 45.3 Å². The zero-order chi connectivity index (χ0) is 81.6. The highest BCUT2D eigenvalue weighted by Crippen LogP contribution is 2.40. The summed E-state index contributed by atoms with van der Waals surface area (Å²) in [5, 5.41) is 51.8. The van der Waals surface area contributed by atoms with Crippen molar-refractivity contribution >= 4 is 44.9 Å². The fourth-order valence-corrected chi connectivity index (χ4v) is 16.9. The molecule has 9 unspecified atom stereocenters. The summed E-state index contributed by atoms with van der Waals surface area (Å²) >= 11 is 0. The second-order valence-electron chi connectivity index (χ2n) is 32.8. The zero-order valence-electron chi connectivity index (χ0n) is 70.3. The van der Waals surface area contributed by atoms with Crippen LogP contribution in [0.5, 0.6) is 0 Å². The van der Waals surface area contributed by atoms with Gasteiger partial charge in [-0.2, -0.15) is 0 Å². The van der Waals surface area contributed by atoms with Crippen LogP contribution < -0.4 is 10.6 Å². The Labute approximate surface area is 672 Å². The molecule has 2 heterocycles. The molecule has 0 bridgehead atoms. The largest absolute Gasteiger partial charge is 0.462 e. The summed E-state index contributed by atoms with van der Waals surface area (Å²) in [7, 11) is -9.21. The van der Waals surface area contributed by atoms with E-state index in [1.54, 1.807) is 0 Å². The molecule has 13 atom stereocenters. The Hall–Kier alpha value is -2.63. The van der Waals surface area contributed by atoms with Gasteiger partial charge in [0.2, 0.25) is 11.8 Å². The maximum absolute atomic E-state index is 15.1. The molecule has 2 rings (SSSR count). The minimum Gasteiger partial charge on any atom is -0.462 e. The van der Waals surface area contributed by atoms with E-state index in [1.807, 2.05) is 0 Å². The van der Waals surface area contributed by atoms with Gasteiger partial charge >= 0.3 is 33.1 Å². The molecule has 0 radical (unpaired) electrons. The smallest absolute Gasteiger partial charge is 0.325 e. The second kappa shape index (κ2) is 67.3. The van der Waals surface area contributed by atoms with Crippen LogP contribution in [0.1, 0.15) is 413 Å². The maximum Gasteiger partial charge on any atom is 0.325 e. The van der Waals surface area contributed by atoms with Gasteiger partial charge in [0.1, 0.15) is 42.7 Å². The van der Waals surface area contributed by atoms with Crippen LogP contribution in [0.15, 0.2) is 0 Å². The Morgan fingerprint density at radius 2 is 0.757 bits per heavy atom. The van der Waals surface area contributed by atoms with Gasteiger partial charge in [0, 0.05) is 24.9 Å². The number of hydrogen-bond donors (Lipinski definition) is 10. The first kappa shape index (κ1) is 104. The Balaban J connectivity index is 2.70. The third-order valence-electron chi connectivity index (χ3n) is 22.4. The third kappa shape index (κ3) is 54.9. The van der Waals surface area contributed by atoms with Crippen LogP contribution in [0, 0.1) is 5.92 Å². The molecular weight excluding hydrogens is 1460 g/mol. The zero-order valence-corrected chi connectivity index (χ0v) is 72.1. The van der Waals surface area contributed by atoms with E-state index in [1.165, 1.54) is 116 Å². The summed E-state index contributed by atoms with van der Waals surface area (Å²) in [6.07, 6.45) is 34.9. The lowest BCUT2D eigenvalue weighted by atomic mass is 9.83. The van der Waals surface area contributed by atoms with E-state index >= 15 is 9.59 Å². The van der Waals surface area contributed by atoms with Crippen LogP contribution in [-0.2, 0) is 61.5 Å². The lowest BCUT2D eigenvalue weighted by Crippen LogP contribution is -2.66. The molecular formula is C86H164N2O21P2. The number of carbonyl (C=O) groups excluding carboxylic acids is 5. The summed E-state index contributed by atoms with van der Waals surface area (Å²) < 4.78 is 63.1. The molecule has 23 nitrogen and oxygen atoms in total. The van der Waals surface area contributed by atoms with Gasteiger partial charge in [0.25, 0.3) is 0 Å². The normalized spacial score (nSPS) is 21.1. The number of nitrogens with one attached hydrogen (secondary N) is 2. The Bertz CT molecular complexity index is 2400. The van der Waals surface area contributed by atoms with E-state index in [0.717, 1.165) is 154 Å². The van der Waals surface area contributed by atoms with Crippen molar-refractivity contribution in [3.05, 3.63) is 0 Å². The van der Waals surface area contributed by atoms with Crippen LogP contribution >= 0.6 is 15.2 Å². The van der Waals surface area contributed by atoms with E-state index < -0.39 is 156 Å². The molecule has 0 aliphatic carbocycles. The van der Waals surface area contributed by atoms with E-state index in [0.29, 0.717) is 51.4 Å². The van der Waals surface area contributed by atoms with Crippen LogP contribution in [0.3, 0.4) is 0 Å². The van der Waals surface area contributed by atoms with Crippen LogP contribution in [-0.4, -0.2) is 169 Å². The van der Waals surface area contributed by atoms with Gasteiger partial charge in [-0.1, -0.05) is 317 Å². The minimum atomic E-state index is -4.73. The molecule has 654 valence electrons. The van der Waals surface area contributed by atoms with Crippen molar-refractivity contribution in [2.45, 2.75) is 487 Å². The molecule has 10 N–H and O–H groups in total. The average molecular weight is 1620 g/mol. The lowest BCUT2D eigenvalue weighted by Gasteiger charge is -2.47. The quantitative estimate of drug-likeness (QED) is 0.0117. The first-order chi connectivity index (χ1) is 53.5. The number of ether oxygens (including phenoxy) is 6. The predicted octanol–water partition coefficient (Wildman–Crippen LogP) is 18.4. The molecule has 2 saturated heterocycles. The standard InChI is InChI=1S/C86H164N2O21P2/c1-6-11-16-21-26-31-32-37-42-47-52-60-79(94)106-71(57-50-45-40-35-29-24-19-14-9-4)66-80(95)109-85-72(58-53-54-62-110(98,99)100)74(67-89)108-86(82(85)88-77(92)65-70(56-49-44-39-34-28-23-18-13-8-3)105-78(93)59-51-46-41-36-30-25-20-15-10-5)104-68-75-83(96)84(97)81(73(107-75)61-63-111(101,102)103)87-76(91)64-69(90)55-48-43-38-33-27-22-17-12-7-2/h69-75,81-86,89-90,96-97H,6-68H2,1-5H3,(H,87,91)(H,88,92)(H2,98,99,100)(H2,101,102,103)/t69?,70?,71?,72-,73+,74?,75?,81?,82?,83-,84?,85?,86-/m1/s1. The summed E-state index contributed by atoms with van der Waals surface area (Å²) in [5.74, 6) is -4.03. The highest BCUT2D eigenvalue weighted by atomic mass is 31.2. The average Bonchev–Trinajstić information content (AvgIpc) is 0.793. The Morgan fingerprint density at radius 1 is 0.387 bits per heavy atom. The number of esters is 3. The Kier molecular flexibility index (Phi) is 63.3. The first-order valence-electron chi connectivity index (χ1n) is 45.3. The van der Waals surface area contributed by atoms with Gasteiger partial charge in [0.15, 0.2) is 6.29 Å². The van der Waals surface area contributed by atoms with E-state index in [4.69, 9.17) is 28.4 Å². The number of amides is 2. The molecule has 2 aliphatic heterocycles. The van der Waals surface area contributed by atoms with E-state index in [9.17, 15) is 63.5 Å². The summed E-state index contributed by atoms with van der Waals surface area (Å²) in [6, 6.07) is -2.90. The molecule has 0 aromatic carbocycles. The fourth-order valence-electron chi connectivity index (χ4n) is 15.6. The molecule has 2 fully saturated rings. The van der Waals surface area contributed by atoms with Crippen LogP contribution in [0.4, 0.5) is 0 Å². The van der Waals surface area contributed by atoms with Crippen molar-refractivity contribution in [3.63, 3.8) is 0 Å². The van der Waals surface area contributed by atoms with Crippen molar-refractivity contribution in [1.82, 2.24) is 10.6 Å². The molecule has 2 amide bonds. The fraction of sp³-hybridized carbons (Fsp3) is 0.942. The van der Waals surface area contributed by atoms with Crippen LogP contribution in [0.25, 0.3) is 0 Å². The topological polar surface area (TPSA) is 361 Å². The van der Waals surface area contributed by atoms with Crippen LogP contribution in [0.2, 0.25) is 0 Å². The first-order valence-corrected chi connectivity index (χ1v) is 48.9.